The fourth-order valence-corrected chi connectivity index (χ4v) is 3.66. The van der Waals surface area contributed by atoms with Gasteiger partial charge in [0.15, 0.2) is 5.03 Å². The van der Waals surface area contributed by atoms with Crippen molar-refractivity contribution in [3.8, 4) is 0 Å². The molecular formula is C11H22N4O2S. The predicted octanol–water partition coefficient (Wildman–Crippen LogP) is 0.938. The summed E-state index contributed by atoms with van der Waals surface area (Å²) in [4.78, 5) is 0. The number of nitrogens with one attached hydrogen (secondary N) is 1. The quantitative estimate of drug-likeness (QED) is 0.774. The van der Waals surface area contributed by atoms with Crippen LogP contribution in [0.25, 0.3) is 0 Å². The van der Waals surface area contributed by atoms with E-state index in [2.05, 4.69) is 10.2 Å². The summed E-state index contributed by atoms with van der Waals surface area (Å²) in [7, 11) is -3.57. The summed E-state index contributed by atoms with van der Waals surface area (Å²) >= 11 is 0. The third kappa shape index (κ3) is 2.73. The first-order valence-electron chi connectivity index (χ1n) is 6.14. The molecule has 0 saturated heterocycles. The molecular weight excluding hydrogens is 252 g/mol. The molecule has 0 spiro atoms. The van der Waals surface area contributed by atoms with Gasteiger partial charge in [-0.2, -0.15) is 9.40 Å². The van der Waals surface area contributed by atoms with Crippen LogP contribution >= 0.6 is 0 Å². The van der Waals surface area contributed by atoms with Gasteiger partial charge in [-0.3, -0.25) is 5.10 Å². The molecule has 0 amide bonds. The van der Waals surface area contributed by atoms with Crippen LogP contribution in [-0.4, -0.2) is 41.5 Å². The maximum absolute atomic E-state index is 12.5. The topological polar surface area (TPSA) is 92.1 Å². The molecule has 1 unspecified atom stereocenters. The van der Waals surface area contributed by atoms with Gasteiger partial charge in [-0.25, -0.2) is 8.42 Å². The third-order valence-electron chi connectivity index (χ3n) is 3.27. The SMILES string of the molecule is CCCN(C(C)(CC)CN)S(=O)(=O)c1ccn[nH]1. The smallest absolute Gasteiger partial charge is 0.260 e. The van der Waals surface area contributed by atoms with Crippen molar-refractivity contribution in [2.45, 2.75) is 44.2 Å². The van der Waals surface area contributed by atoms with E-state index in [9.17, 15) is 8.42 Å². The fourth-order valence-electron chi connectivity index (χ4n) is 1.81. The minimum absolute atomic E-state index is 0.115. The summed E-state index contributed by atoms with van der Waals surface area (Å²) < 4.78 is 26.6. The maximum Gasteiger partial charge on any atom is 0.260 e. The molecule has 0 aromatic carbocycles. The molecule has 18 heavy (non-hydrogen) atoms. The molecule has 0 aliphatic heterocycles. The molecule has 0 fully saturated rings. The minimum Gasteiger partial charge on any atom is -0.329 e. The van der Waals surface area contributed by atoms with Crippen molar-refractivity contribution >= 4 is 10.0 Å². The van der Waals surface area contributed by atoms with Gasteiger partial charge in [0.1, 0.15) is 0 Å². The summed E-state index contributed by atoms with van der Waals surface area (Å²) in [5.74, 6) is 0. The first-order chi connectivity index (χ1) is 8.42. The normalized spacial score (nSPS) is 15.8. The first kappa shape index (κ1) is 15.1. The van der Waals surface area contributed by atoms with Gasteiger partial charge in [-0.05, 0) is 25.8 Å². The Bertz CT molecular complexity index is 451. The highest BCUT2D eigenvalue weighted by Gasteiger charge is 2.38. The standard InChI is InChI=1S/C11H22N4O2S/c1-4-8-15(11(3,5-2)9-12)18(16,17)10-6-7-13-14-10/h6-7H,4-5,8-9,12H2,1-3H3,(H,13,14). The Labute approximate surface area is 109 Å². The highest BCUT2D eigenvalue weighted by molar-refractivity contribution is 7.89. The number of nitrogens with zero attached hydrogens (tertiary/aromatic N) is 2. The zero-order valence-electron chi connectivity index (χ0n) is 11.2. The molecule has 6 nitrogen and oxygen atoms in total. The minimum atomic E-state index is -3.57. The monoisotopic (exact) mass is 274 g/mol. The van der Waals surface area contributed by atoms with Gasteiger partial charge in [0.25, 0.3) is 10.0 Å². The number of aromatic amines is 1. The number of rotatable bonds is 7. The van der Waals surface area contributed by atoms with Crippen LogP contribution in [0, 0.1) is 0 Å². The highest BCUT2D eigenvalue weighted by atomic mass is 32.2. The summed E-state index contributed by atoms with van der Waals surface area (Å²) in [6.07, 6.45) is 2.84. The Kier molecular flexibility index (Phi) is 4.89. The molecule has 1 aromatic rings. The molecule has 0 aliphatic rings. The van der Waals surface area contributed by atoms with Crippen LogP contribution in [0.4, 0.5) is 0 Å². The molecule has 3 N–H and O–H groups in total. The summed E-state index contributed by atoms with van der Waals surface area (Å²) in [6.45, 7) is 6.50. The molecule has 104 valence electrons. The average Bonchev–Trinajstić information content (AvgIpc) is 2.89. The van der Waals surface area contributed by atoms with Crippen molar-refractivity contribution in [1.29, 1.82) is 0 Å². The van der Waals surface area contributed by atoms with Crippen molar-refractivity contribution in [3.63, 3.8) is 0 Å². The van der Waals surface area contributed by atoms with Crippen LogP contribution in [-0.2, 0) is 10.0 Å². The van der Waals surface area contributed by atoms with Crippen LogP contribution < -0.4 is 5.73 Å². The van der Waals surface area contributed by atoms with E-state index in [-0.39, 0.29) is 11.6 Å². The molecule has 1 heterocycles. The largest absolute Gasteiger partial charge is 0.329 e. The van der Waals surface area contributed by atoms with Crippen molar-refractivity contribution in [2.24, 2.45) is 5.73 Å². The predicted molar refractivity (Wildman–Crippen MR) is 70.5 cm³/mol. The van der Waals surface area contributed by atoms with E-state index in [0.29, 0.717) is 13.0 Å². The average molecular weight is 274 g/mol. The van der Waals surface area contributed by atoms with Gasteiger partial charge in [-0.1, -0.05) is 13.8 Å². The second kappa shape index (κ2) is 5.81. The molecule has 1 atom stereocenters. The van der Waals surface area contributed by atoms with Crippen molar-refractivity contribution in [2.75, 3.05) is 13.1 Å². The van der Waals surface area contributed by atoms with Gasteiger partial charge < -0.3 is 5.73 Å². The van der Waals surface area contributed by atoms with E-state index >= 15 is 0 Å². The molecule has 1 aromatic heterocycles. The van der Waals surface area contributed by atoms with Crippen LogP contribution in [0.5, 0.6) is 0 Å². The molecule has 7 heteroatoms. The number of hydrogen-bond acceptors (Lipinski definition) is 4. The van der Waals surface area contributed by atoms with Gasteiger partial charge in [0, 0.05) is 18.6 Å². The van der Waals surface area contributed by atoms with Crippen molar-refractivity contribution in [1.82, 2.24) is 14.5 Å². The lowest BCUT2D eigenvalue weighted by Crippen LogP contribution is -2.54. The zero-order valence-corrected chi connectivity index (χ0v) is 12.0. The van der Waals surface area contributed by atoms with E-state index in [1.165, 1.54) is 16.6 Å². The van der Waals surface area contributed by atoms with Crippen LogP contribution in [0.3, 0.4) is 0 Å². The lowest BCUT2D eigenvalue weighted by molar-refractivity contribution is 0.205. The maximum atomic E-state index is 12.5. The van der Waals surface area contributed by atoms with Gasteiger partial charge in [0.2, 0.25) is 0 Å². The Morgan fingerprint density at radius 1 is 1.50 bits per heavy atom. The number of hydrogen-bond donors (Lipinski definition) is 2. The fraction of sp³-hybridized carbons (Fsp3) is 0.727. The van der Waals surface area contributed by atoms with Gasteiger partial charge >= 0.3 is 0 Å². The summed E-state index contributed by atoms with van der Waals surface area (Å²) in [6, 6.07) is 1.46. The van der Waals surface area contributed by atoms with Crippen LogP contribution in [0.1, 0.15) is 33.6 Å². The lowest BCUT2D eigenvalue weighted by Gasteiger charge is -2.38. The number of nitrogens with two attached hydrogens (primary N) is 1. The highest BCUT2D eigenvalue weighted by Crippen LogP contribution is 2.26. The van der Waals surface area contributed by atoms with E-state index in [1.807, 2.05) is 20.8 Å². The van der Waals surface area contributed by atoms with Crippen LogP contribution in [0.2, 0.25) is 0 Å². The Morgan fingerprint density at radius 3 is 2.56 bits per heavy atom. The van der Waals surface area contributed by atoms with E-state index < -0.39 is 15.6 Å². The molecule has 0 aliphatic carbocycles. The zero-order chi connectivity index (χ0) is 13.8. The van der Waals surface area contributed by atoms with E-state index in [0.717, 1.165) is 6.42 Å². The van der Waals surface area contributed by atoms with Crippen molar-refractivity contribution in [3.05, 3.63) is 12.3 Å². The third-order valence-corrected chi connectivity index (χ3v) is 5.26. The van der Waals surface area contributed by atoms with E-state index in [1.54, 1.807) is 0 Å². The molecule has 0 radical (unpaired) electrons. The lowest BCUT2D eigenvalue weighted by atomic mass is 9.99. The second-order valence-electron chi connectivity index (χ2n) is 4.55. The van der Waals surface area contributed by atoms with Gasteiger partial charge in [0.05, 0.1) is 6.20 Å². The first-order valence-corrected chi connectivity index (χ1v) is 7.58. The Hall–Kier alpha value is -0.920. The second-order valence-corrected chi connectivity index (χ2v) is 6.38. The van der Waals surface area contributed by atoms with Gasteiger partial charge in [-0.15, -0.1) is 0 Å². The van der Waals surface area contributed by atoms with Crippen molar-refractivity contribution < 1.29 is 8.42 Å². The molecule has 1 rings (SSSR count). The van der Waals surface area contributed by atoms with E-state index in [4.69, 9.17) is 5.73 Å². The summed E-state index contributed by atoms with van der Waals surface area (Å²) in [5.41, 5.74) is 5.20. The van der Waals surface area contributed by atoms with Crippen LogP contribution in [0.15, 0.2) is 17.3 Å². The number of H-pyrrole nitrogens is 1. The Morgan fingerprint density at radius 2 is 2.17 bits per heavy atom. The summed E-state index contributed by atoms with van der Waals surface area (Å²) in [5, 5.41) is 6.33. The Balaban J connectivity index is 3.21. The molecule has 0 bridgehead atoms. The number of sulfonamides is 1. The number of aromatic nitrogens is 2. The molecule has 0 saturated carbocycles.